The number of alkyl halides is 12. The predicted octanol–water partition coefficient (Wildman–Crippen LogP) is 8.93. The van der Waals surface area contributed by atoms with Crippen LogP contribution in [-0.4, -0.2) is 29.9 Å². The summed E-state index contributed by atoms with van der Waals surface area (Å²) in [5.74, 6) is 0. The van der Waals surface area contributed by atoms with Gasteiger partial charge in [-0.2, -0.15) is 52.7 Å². The van der Waals surface area contributed by atoms with Crippen molar-refractivity contribution in [1.29, 1.82) is 0 Å². The van der Waals surface area contributed by atoms with Gasteiger partial charge in [0.15, 0.2) is 22.8 Å². The number of benzene rings is 3. The zero-order chi connectivity index (χ0) is 33.4. The molecule has 0 N–H and O–H groups in total. The van der Waals surface area contributed by atoms with Crippen molar-refractivity contribution in [3.05, 3.63) is 83.4 Å². The van der Waals surface area contributed by atoms with Crippen LogP contribution in [0.5, 0.6) is 0 Å². The van der Waals surface area contributed by atoms with Crippen LogP contribution in [0.2, 0.25) is 0 Å². The molecule has 46 heavy (non-hydrogen) atoms. The Morgan fingerprint density at radius 3 is 0.739 bits per heavy atom. The van der Waals surface area contributed by atoms with E-state index in [0.717, 1.165) is 0 Å². The SMILES string of the molecule is FC(F)(F)c1nc2c3nc(-c4ccccc4)c(-c4ccccc4)nc3c3nc(C(F)(F)F)c(C(F)(F)F)nc3c2nc1C(F)(F)F. The lowest BCUT2D eigenvalue weighted by atomic mass is 10.0. The first-order valence-corrected chi connectivity index (χ1v) is 12.5. The smallest absolute Gasteiger partial charge is 0.241 e. The van der Waals surface area contributed by atoms with E-state index in [2.05, 4.69) is 29.9 Å². The molecule has 6 rings (SSSR count). The molecule has 0 bridgehead atoms. The van der Waals surface area contributed by atoms with Gasteiger partial charge in [-0.05, 0) is 0 Å². The number of hydrogen-bond donors (Lipinski definition) is 0. The quantitative estimate of drug-likeness (QED) is 0.137. The summed E-state index contributed by atoms with van der Waals surface area (Å²) in [7, 11) is 0. The Kier molecular flexibility index (Phi) is 6.83. The largest absolute Gasteiger partial charge is 0.435 e. The van der Waals surface area contributed by atoms with Crippen molar-refractivity contribution >= 4 is 33.1 Å². The molecular formula is C28H10F12N6. The molecule has 3 aromatic carbocycles. The number of nitrogens with zero attached hydrogens (tertiary/aromatic N) is 6. The first kappa shape index (κ1) is 30.8. The van der Waals surface area contributed by atoms with Gasteiger partial charge < -0.3 is 0 Å². The molecule has 0 saturated carbocycles. The van der Waals surface area contributed by atoms with E-state index in [1.165, 1.54) is 48.5 Å². The molecule has 0 spiro atoms. The first-order valence-electron chi connectivity index (χ1n) is 12.5. The van der Waals surface area contributed by atoms with E-state index in [4.69, 9.17) is 0 Å². The lowest BCUT2D eigenvalue weighted by Gasteiger charge is -2.19. The molecule has 0 amide bonds. The molecule has 236 valence electrons. The van der Waals surface area contributed by atoms with Gasteiger partial charge in [0.1, 0.15) is 33.1 Å². The summed E-state index contributed by atoms with van der Waals surface area (Å²) in [5.41, 5.74) is -16.9. The number of rotatable bonds is 2. The fourth-order valence-corrected chi connectivity index (χ4v) is 4.68. The molecule has 3 heterocycles. The third-order valence-corrected chi connectivity index (χ3v) is 6.53. The fourth-order valence-electron chi connectivity index (χ4n) is 4.68. The van der Waals surface area contributed by atoms with Gasteiger partial charge >= 0.3 is 24.7 Å². The van der Waals surface area contributed by atoms with E-state index >= 15 is 0 Å². The molecule has 0 unspecified atom stereocenters. The minimum Gasteiger partial charge on any atom is -0.241 e. The first-order chi connectivity index (χ1) is 21.4. The Morgan fingerprint density at radius 1 is 0.304 bits per heavy atom. The lowest BCUT2D eigenvalue weighted by Crippen LogP contribution is -2.22. The van der Waals surface area contributed by atoms with Crippen molar-refractivity contribution in [1.82, 2.24) is 29.9 Å². The van der Waals surface area contributed by atoms with Crippen molar-refractivity contribution in [3.63, 3.8) is 0 Å². The Labute approximate surface area is 246 Å². The number of aromatic nitrogens is 6. The third kappa shape index (κ3) is 5.26. The van der Waals surface area contributed by atoms with Gasteiger partial charge in [-0.3, -0.25) is 0 Å². The van der Waals surface area contributed by atoms with Crippen LogP contribution in [0.1, 0.15) is 22.8 Å². The average Bonchev–Trinajstić information content (AvgIpc) is 2.98. The highest BCUT2D eigenvalue weighted by atomic mass is 19.4. The Bertz CT molecular complexity index is 1990. The zero-order valence-corrected chi connectivity index (χ0v) is 22.0. The molecule has 0 aliphatic heterocycles. The number of hydrogen-bond acceptors (Lipinski definition) is 6. The molecule has 0 aliphatic rings. The maximum absolute atomic E-state index is 13.9. The minimum atomic E-state index is -5.86. The van der Waals surface area contributed by atoms with Crippen LogP contribution in [0, 0.1) is 0 Å². The topological polar surface area (TPSA) is 77.3 Å². The summed E-state index contributed by atoms with van der Waals surface area (Å²) in [4.78, 5) is 20.7. The molecule has 0 atom stereocenters. The summed E-state index contributed by atoms with van der Waals surface area (Å²) in [5, 5.41) is 0. The van der Waals surface area contributed by atoms with E-state index in [1.807, 2.05) is 0 Å². The molecule has 0 saturated heterocycles. The van der Waals surface area contributed by atoms with Gasteiger partial charge in [-0.1, -0.05) is 60.7 Å². The number of halogens is 12. The maximum Gasteiger partial charge on any atom is 0.435 e. The minimum absolute atomic E-state index is 0.105. The molecular weight excluding hydrogens is 648 g/mol. The van der Waals surface area contributed by atoms with Crippen LogP contribution in [-0.2, 0) is 24.7 Å². The number of fused-ring (bicyclic) bond motifs is 6. The van der Waals surface area contributed by atoms with Gasteiger partial charge in [-0.15, -0.1) is 0 Å². The van der Waals surface area contributed by atoms with Crippen molar-refractivity contribution in [2.24, 2.45) is 0 Å². The van der Waals surface area contributed by atoms with Crippen LogP contribution < -0.4 is 0 Å². The fraction of sp³-hybridized carbons (Fsp3) is 0.143. The van der Waals surface area contributed by atoms with Gasteiger partial charge in [0.05, 0.1) is 11.4 Å². The van der Waals surface area contributed by atoms with Crippen LogP contribution in [0.25, 0.3) is 55.6 Å². The van der Waals surface area contributed by atoms with Crippen LogP contribution >= 0.6 is 0 Å². The summed E-state index contributed by atoms with van der Waals surface area (Å²) in [6.45, 7) is 0. The second kappa shape index (κ2) is 10.2. The van der Waals surface area contributed by atoms with Crippen molar-refractivity contribution < 1.29 is 52.7 Å². The highest BCUT2D eigenvalue weighted by molar-refractivity contribution is 6.18. The maximum atomic E-state index is 13.9. The van der Waals surface area contributed by atoms with E-state index in [1.54, 1.807) is 12.1 Å². The average molecular weight is 658 g/mol. The molecule has 0 fully saturated rings. The molecule has 0 aliphatic carbocycles. The predicted molar refractivity (Wildman–Crippen MR) is 137 cm³/mol. The van der Waals surface area contributed by atoms with Gasteiger partial charge in [-0.25, -0.2) is 29.9 Å². The summed E-state index contributed by atoms with van der Waals surface area (Å²) >= 11 is 0. The molecule has 3 aromatic heterocycles. The second-order valence-corrected chi connectivity index (χ2v) is 9.58. The van der Waals surface area contributed by atoms with Crippen LogP contribution in [0.4, 0.5) is 52.7 Å². The third-order valence-electron chi connectivity index (χ3n) is 6.53. The summed E-state index contributed by atoms with van der Waals surface area (Å²) in [6, 6.07) is 15.3. The van der Waals surface area contributed by atoms with E-state index in [9.17, 15) is 52.7 Å². The van der Waals surface area contributed by atoms with E-state index in [-0.39, 0.29) is 22.5 Å². The van der Waals surface area contributed by atoms with Crippen molar-refractivity contribution in [2.75, 3.05) is 0 Å². The van der Waals surface area contributed by atoms with E-state index in [0.29, 0.717) is 0 Å². The Morgan fingerprint density at radius 2 is 0.522 bits per heavy atom. The monoisotopic (exact) mass is 658 g/mol. The van der Waals surface area contributed by atoms with E-state index < -0.39 is 80.6 Å². The van der Waals surface area contributed by atoms with Crippen molar-refractivity contribution in [3.8, 4) is 22.5 Å². The molecule has 18 heteroatoms. The lowest BCUT2D eigenvalue weighted by molar-refractivity contribution is -0.167. The normalized spacial score (nSPS) is 13.2. The Hall–Kier alpha value is -5.16. The second-order valence-electron chi connectivity index (χ2n) is 9.58. The molecule has 6 nitrogen and oxygen atoms in total. The van der Waals surface area contributed by atoms with Crippen LogP contribution in [0.15, 0.2) is 60.7 Å². The molecule has 0 radical (unpaired) electrons. The van der Waals surface area contributed by atoms with Crippen LogP contribution in [0.3, 0.4) is 0 Å². The highest BCUT2D eigenvalue weighted by Crippen LogP contribution is 2.44. The highest BCUT2D eigenvalue weighted by Gasteiger charge is 2.49. The van der Waals surface area contributed by atoms with Gasteiger partial charge in [0.2, 0.25) is 0 Å². The van der Waals surface area contributed by atoms with Crippen molar-refractivity contribution in [2.45, 2.75) is 24.7 Å². The zero-order valence-electron chi connectivity index (χ0n) is 22.0. The van der Waals surface area contributed by atoms with Gasteiger partial charge in [0.25, 0.3) is 0 Å². The molecule has 6 aromatic rings. The standard InChI is InChI=1S/C28H10F12N6/c29-25(30,31)21-23(27(35,36)37)45-19-17(43-21)15-16(18-20(19)46-24(28(38,39)40)22(44-18)26(32,33)34)42-14(12-9-5-2-6-10-12)13(41-15)11-7-3-1-4-8-11/h1-10H. The van der Waals surface area contributed by atoms with Gasteiger partial charge in [0, 0.05) is 11.1 Å². The Balaban J connectivity index is 1.92. The summed E-state index contributed by atoms with van der Waals surface area (Å²) in [6.07, 6.45) is -23.3. The summed E-state index contributed by atoms with van der Waals surface area (Å²) < 4.78 is 167.